The van der Waals surface area contributed by atoms with Gasteiger partial charge >= 0.3 is 0 Å². The van der Waals surface area contributed by atoms with Crippen LogP contribution in [-0.2, 0) is 11.2 Å². The number of benzene rings is 1. The Labute approximate surface area is 158 Å². The van der Waals surface area contributed by atoms with Crippen molar-refractivity contribution in [2.24, 2.45) is 0 Å². The highest BCUT2D eigenvalue weighted by atomic mass is 32.1. The van der Waals surface area contributed by atoms with E-state index in [1.165, 1.54) is 14.3 Å². The van der Waals surface area contributed by atoms with Crippen molar-refractivity contribution in [3.63, 3.8) is 0 Å². The predicted octanol–water partition coefficient (Wildman–Crippen LogP) is 2.07. The molecule has 138 valence electrons. The molecule has 4 rings (SSSR count). The third-order valence-corrected chi connectivity index (χ3v) is 6.83. The van der Waals surface area contributed by atoms with Gasteiger partial charge in [-0.05, 0) is 28.6 Å². The van der Waals surface area contributed by atoms with Gasteiger partial charge in [-0.3, -0.25) is 0 Å². The smallest absolute Gasteiger partial charge is 0.113 e. The van der Waals surface area contributed by atoms with Crippen LogP contribution in [0.1, 0.15) is 22.1 Å². The minimum Gasteiger partial charge on any atom is -0.394 e. The van der Waals surface area contributed by atoms with Crippen molar-refractivity contribution in [3.8, 4) is 0 Å². The Balaban J connectivity index is 1.57. The zero-order valence-corrected chi connectivity index (χ0v) is 15.5. The molecule has 3 aromatic rings. The van der Waals surface area contributed by atoms with Gasteiger partial charge < -0.3 is 25.2 Å². The van der Waals surface area contributed by atoms with Crippen molar-refractivity contribution < 1.29 is 25.2 Å². The van der Waals surface area contributed by atoms with Crippen molar-refractivity contribution in [3.05, 3.63) is 57.8 Å². The van der Waals surface area contributed by atoms with E-state index in [1.807, 2.05) is 24.3 Å². The second-order valence-corrected chi connectivity index (χ2v) is 8.65. The Morgan fingerprint density at radius 1 is 0.962 bits per heavy atom. The Kier molecular flexibility index (Phi) is 5.11. The van der Waals surface area contributed by atoms with Crippen molar-refractivity contribution in [1.82, 2.24) is 0 Å². The first-order valence-corrected chi connectivity index (χ1v) is 10.1. The molecule has 26 heavy (non-hydrogen) atoms. The first-order valence-electron chi connectivity index (χ1n) is 8.42. The summed E-state index contributed by atoms with van der Waals surface area (Å²) in [6.45, 7) is -0.424. The molecule has 1 saturated heterocycles. The van der Waals surface area contributed by atoms with Crippen LogP contribution in [0.25, 0.3) is 9.40 Å². The number of rotatable bonds is 4. The maximum atomic E-state index is 10.3. The zero-order chi connectivity index (χ0) is 18.3. The van der Waals surface area contributed by atoms with Gasteiger partial charge in [-0.2, -0.15) is 0 Å². The average Bonchev–Trinajstić information content (AvgIpc) is 3.22. The molecule has 0 bridgehead atoms. The van der Waals surface area contributed by atoms with Gasteiger partial charge in [-0.15, -0.1) is 22.7 Å². The van der Waals surface area contributed by atoms with Crippen molar-refractivity contribution >= 4 is 32.1 Å². The lowest BCUT2D eigenvalue weighted by Gasteiger charge is -2.40. The molecule has 5 atom stereocenters. The topological polar surface area (TPSA) is 90.2 Å². The monoisotopic (exact) mass is 392 g/mol. The normalized spacial score (nSPS) is 29.3. The second kappa shape index (κ2) is 7.36. The maximum absolute atomic E-state index is 10.3. The third-order valence-electron chi connectivity index (χ3n) is 4.74. The lowest BCUT2D eigenvalue weighted by molar-refractivity contribution is -0.231. The Hall–Kier alpha value is -1.32. The van der Waals surface area contributed by atoms with Crippen LogP contribution in [0.5, 0.6) is 0 Å². The summed E-state index contributed by atoms with van der Waals surface area (Å²) in [6, 6.07) is 12.0. The van der Waals surface area contributed by atoms with Gasteiger partial charge in [0.2, 0.25) is 0 Å². The highest BCUT2D eigenvalue weighted by Gasteiger charge is 2.43. The first-order chi connectivity index (χ1) is 12.6. The molecular formula is C19H20O5S2. The van der Waals surface area contributed by atoms with E-state index in [0.29, 0.717) is 0 Å². The van der Waals surface area contributed by atoms with Gasteiger partial charge in [0.1, 0.15) is 30.5 Å². The Morgan fingerprint density at radius 2 is 1.81 bits per heavy atom. The molecule has 7 heteroatoms. The van der Waals surface area contributed by atoms with Crippen molar-refractivity contribution in [2.75, 3.05) is 6.61 Å². The van der Waals surface area contributed by atoms with Crippen molar-refractivity contribution in [2.45, 2.75) is 36.9 Å². The highest BCUT2D eigenvalue weighted by molar-refractivity contribution is 7.26. The van der Waals surface area contributed by atoms with Gasteiger partial charge in [0.05, 0.1) is 6.61 Å². The van der Waals surface area contributed by atoms with E-state index in [0.717, 1.165) is 17.5 Å². The van der Waals surface area contributed by atoms with E-state index >= 15 is 0 Å². The lowest BCUT2D eigenvalue weighted by atomic mass is 9.90. The summed E-state index contributed by atoms with van der Waals surface area (Å²) >= 11 is 3.50. The Morgan fingerprint density at radius 3 is 2.58 bits per heavy atom. The lowest BCUT2D eigenvalue weighted by Crippen LogP contribution is -2.55. The number of fused-ring (bicyclic) bond motifs is 1. The summed E-state index contributed by atoms with van der Waals surface area (Å²) in [4.78, 5) is 1.26. The molecule has 1 fully saturated rings. The molecule has 0 amide bonds. The first kappa shape index (κ1) is 18.1. The third kappa shape index (κ3) is 3.32. The van der Waals surface area contributed by atoms with Crippen LogP contribution in [0, 0.1) is 0 Å². The van der Waals surface area contributed by atoms with E-state index in [9.17, 15) is 20.4 Å². The molecule has 1 aliphatic heterocycles. The molecule has 0 radical (unpaired) electrons. The molecule has 0 saturated carbocycles. The standard InChI is InChI=1S/C19H20O5S2/c20-9-13-16(21)17(22)18(23)19(24-13)11-3-1-2-10(6-11)7-12-8-15-14(26-12)4-5-25-15/h1-6,8,13,16-23H,7,9H2/t13-,16-,17+,18-,19+/m1/s1. The fourth-order valence-electron chi connectivity index (χ4n) is 3.36. The average molecular weight is 392 g/mol. The number of hydrogen-bond acceptors (Lipinski definition) is 7. The van der Waals surface area contributed by atoms with Crippen LogP contribution in [0.4, 0.5) is 0 Å². The summed E-state index contributed by atoms with van der Waals surface area (Å²) in [6.07, 6.45) is -4.87. The largest absolute Gasteiger partial charge is 0.394 e. The second-order valence-electron chi connectivity index (χ2n) is 6.53. The number of aliphatic hydroxyl groups is 4. The van der Waals surface area contributed by atoms with E-state index in [-0.39, 0.29) is 0 Å². The van der Waals surface area contributed by atoms with Crippen LogP contribution in [0.15, 0.2) is 41.8 Å². The van der Waals surface area contributed by atoms with Gasteiger partial charge in [0.25, 0.3) is 0 Å². The molecular weight excluding hydrogens is 372 g/mol. The minimum absolute atomic E-state index is 0.424. The number of ether oxygens (including phenoxy) is 1. The number of thiophene rings is 2. The van der Waals surface area contributed by atoms with Crippen molar-refractivity contribution in [1.29, 1.82) is 0 Å². The van der Waals surface area contributed by atoms with Crippen LogP contribution in [0.3, 0.4) is 0 Å². The van der Waals surface area contributed by atoms with Crippen LogP contribution < -0.4 is 0 Å². The molecule has 4 N–H and O–H groups in total. The van der Waals surface area contributed by atoms with Gasteiger partial charge in [0.15, 0.2) is 0 Å². The van der Waals surface area contributed by atoms with E-state index < -0.39 is 37.1 Å². The molecule has 2 aromatic heterocycles. The maximum Gasteiger partial charge on any atom is 0.113 e. The summed E-state index contributed by atoms with van der Waals surface area (Å²) in [5.41, 5.74) is 1.80. The van der Waals surface area contributed by atoms with E-state index in [4.69, 9.17) is 4.74 Å². The van der Waals surface area contributed by atoms with E-state index in [1.54, 1.807) is 22.7 Å². The Bertz CT molecular complexity index is 858. The minimum atomic E-state index is -1.36. The summed E-state index contributed by atoms with van der Waals surface area (Å²) in [7, 11) is 0. The zero-order valence-electron chi connectivity index (χ0n) is 13.9. The molecule has 1 aliphatic rings. The molecule has 3 heterocycles. The quantitative estimate of drug-likeness (QED) is 0.546. The van der Waals surface area contributed by atoms with Crippen LogP contribution >= 0.6 is 22.7 Å². The van der Waals surface area contributed by atoms with Gasteiger partial charge in [0, 0.05) is 20.7 Å². The number of aliphatic hydroxyl groups excluding tert-OH is 4. The summed E-state index contributed by atoms with van der Waals surface area (Å²) < 4.78 is 8.23. The van der Waals surface area contributed by atoms with Gasteiger partial charge in [-0.25, -0.2) is 0 Å². The summed E-state index contributed by atoms with van der Waals surface area (Å²) in [5.74, 6) is 0. The molecule has 0 unspecified atom stereocenters. The molecule has 0 spiro atoms. The van der Waals surface area contributed by atoms with Crippen LogP contribution in [-0.4, -0.2) is 51.4 Å². The molecule has 1 aromatic carbocycles. The fraction of sp³-hybridized carbons (Fsp3) is 0.368. The fourth-order valence-corrected chi connectivity index (χ4v) is 5.53. The van der Waals surface area contributed by atoms with Gasteiger partial charge in [-0.1, -0.05) is 24.3 Å². The predicted molar refractivity (Wildman–Crippen MR) is 102 cm³/mol. The van der Waals surface area contributed by atoms with E-state index in [2.05, 4.69) is 17.5 Å². The van der Waals surface area contributed by atoms with Crippen LogP contribution in [0.2, 0.25) is 0 Å². The summed E-state index contributed by atoms with van der Waals surface area (Å²) in [5, 5.41) is 41.7. The molecule has 5 nitrogen and oxygen atoms in total. The number of hydrogen-bond donors (Lipinski definition) is 4. The highest BCUT2D eigenvalue weighted by Crippen LogP contribution is 2.34. The molecule has 0 aliphatic carbocycles. The SMILES string of the molecule is OC[C@H]1O[C@@H](c2cccc(Cc3cc4sccc4s3)c2)[C@H](O)[C@@H](O)[C@@H]1O.